The van der Waals surface area contributed by atoms with Crippen LogP contribution in [0.2, 0.25) is 0 Å². The smallest absolute Gasteiger partial charge is 0.253 e. The van der Waals surface area contributed by atoms with Gasteiger partial charge in [-0.3, -0.25) is 19.6 Å². The minimum atomic E-state index is 0. The summed E-state index contributed by atoms with van der Waals surface area (Å²) in [6.07, 6.45) is 5.51. The summed E-state index contributed by atoms with van der Waals surface area (Å²) in [5.74, 6) is 0.0855. The lowest BCUT2D eigenvalue weighted by Gasteiger charge is -2.40. The van der Waals surface area contributed by atoms with E-state index in [4.69, 9.17) is 4.98 Å². The molecule has 1 fully saturated rings. The summed E-state index contributed by atoms with van der Waals surface area (Å²) < 4.78 is 0. The van der Waals surface area contributed by atoms with Gasteiger partial charge in [-0.05, 0) is 37.6 Å². The number of H-pyrrole nitrogens is 1. The Kier molecular flexibility index (Phi) is 8.92. The first-order valence-electron chi connectivity index (χ1n) is 12.8. The van der Waals surface area contributed by atoms with E-state index < -0.39 is 0 Å². The third-order valence-corrected chi connectivity index (χ3v) is 7.20. The van der Waals surface area contributed by atoms with E-state index in [-0.39, 0.29) is 24.4 Å². The number of fused-ring (bicyclic) bond motifs is 1. The number of aromatic nitrogens is 3. The number of piperazine rings is 1. The number of imidazole rings is 1. The Morgan fingerprint density at radius 2 is 1.73 bits per heavy atom. The lowest BCUT2D eigenvalue weighted by molar-refractivity contribution is 0.0773. The maximum Gasteiger partial charge on any atom is 0.253 e. The highest BCUT2D eigenvalue weighted by Gasteiger charge is 2.28. The van der Waals surface area contributed by atoms with Gasteiger partial charge in [0.2, 0.25) is 0 Å². The molecule has 1 unspecified atom stereocenters. The summed E-state index contributed by atoms with van der Waals surface area (Å²) in [6, 6.07) is 18.8. The molecule has 0 aliphatic carbocycles. The van der Waals surface area contributed by atoms with Crippen LogP contribution in [0.3, 0.4) is 0 Å². The Labute approximate surface area is 224 Å². The Morgan fingerprint density at radius 1 is 1.00 bits per heavy atom. The van der Waals surface area contributed by atoms with Crippen molar-refractivity contribution in [2.24, 2.45) is 0 Å². The van der Waals surface area contributed by atoms with Gasteiger partial charge in [0.05, 0.1) is 17.9 Å². The number of pyridine rings is 1. The number of carbonyl (C=O) groups is 1. The lowest BCUT2D eigenvalue weighted by atomic mass is 9.93. The van der Waals surface area contributed by atoms with Gasteiger partial charge in [0.25, 0.3) is 5.91 Å². The molecule has 5 rings (SSSR count). The molecule has 2 aromatic heterocycles. The number of benzene rings is 2. The number of aromatic amines is 1. The maximum atomic E-state index is 12.9. The van der Waals surface area contributed by atoms with E-state index in [9.17, 15) is 4.79 Å². The number of hydrogen-bond acceptors (Lipinski definition) is 5. The van der Waals surface area contributed by atoms with E-state index in [2.05, 4.69) is 56.2 Å². The van der Waals surface area contributed by atoms with Crippen LogP contribution in [0.1, 0.15) is 47.1 Å². The fourth-order valence-corrected chi connectivity index (χ4v) is 5.23. The summed E-state index contributed by atoms with van der Waals surface area (Å²) in [7, 11) is 0. The predicted octanol–water partition coefficient (Wildman–Crippen LogP) is 4.77. The zero-order valence-corrected chi connectivity index (χ0v) is 22.3. The van der Waals surface area contributed by atoms with Gasteiger partial charge in [0.1, 0.15) is 0 Å². The van der Waals surface area contributed by atoms with Gasteiger partial charge in [0, 0.05) is 80.4 Å². The Hall–Kier alpha value is -3.26. The molecule has 1 aliphatic rings. The zero-order valence-electron chi connectivity index (χ0n) is 21.5. The SMILES string of the molecule is CCN(CC)C(=O)c1ccc(C(c2cccc3cccnc23)N2CCN(Cc3cnc[nH]3)CC2)cc1.Cl. The van der Waals surface area contributed by atoms with Crippen LogP contribution in [0.15, 0.2) is 73.3 Å². The molecule has 2 aromatic carbocycles. The number of nitrogens with one attached hydrogen (secondary N) is 1. The van der Waals surface area contributed by atoms with Gasteiger partial charge in [-0.2, -0.15) is 0 Å². The van der Waals surface area contributed by atoms with Gasteiger partial charge in [0.15, 0.2) is 0 Å². The molecule has 0 saturated carbocycles. The quantitative estimate of drug-likeness (QED) is 0.364. The van der Waals surface area contributed by atoms with Crippen molar-refractivity contribution in [2.45, 2.75) is 26.4 Å². The van der Waals surface area contributed by atoms with E-state index in [0.29, 0.717) is 13.1 Å². The average molecular weight is 519 g/mol. The van der Waals surface area contributed by atoms with Gasteiger partial charge in [-0.25, -0.2) is 4.98 Å². The molecule has 3 heterocycles. The molecule has 8 heteroatoms. The summed E-state index contributed by atoms with van der Waals surface area (Å²) in [5.41, 5.74) is 5.31. The van der Waals surface area contributed by atoms with Crippen LogP contribution in [0.25, 0.3) is 10.9 Å². The van der Waals surface area contributed by atoms with E-state index in [1.807, 2.05) is 49.3 Å². The van der Waals surface area contributed by atoms with Crippen LogP contribution in [0, 0.1) is 0 Å². The molecule has 4 aromatic rings. The first kappa shape index (κ1) is 26.8. The molecule has 0 spiro atoms. The summed E-state index contributed by atoms with van der Waals surface area (Å²) in [4.78, 5) is 31.9. The highest BCUT2D eigenvalue weighted by atomic mass is 35.5. The van der Waals surface area contributed by atoms with Crippen molar-refractivity contribution in [1.82, 2.24) is 29.7 Å². The number of amides is 1. The minimum Gasteiger partial charge on any atom is -0.347 e. The van der Waals surface area contributed by atoms with Crippen molar-refractivity contribution in [3.63, 3.8) is 0 Å². The second-order valence-electron chi connectivity index (χ2n) is 9.31. The fourth-order valence-electron chi connectivity index (χ4n) is 5.23. The van der Waals surface area contributed by atoms with E-state index in [1.54, 1.807) is 6.33 Å². The van der Waals surface area contributed by atoms with Gasteiger partial charge in [-0.15, -0.1) is 12.4 Å². The van der Waals surface area contributed by atoms with Crippen LogP contribution < -0.4 is 0 Å². The molecule has 1 N–H and O–H groups in total. The van der Waals surface area contributed by atoms with Crippen molar-refractivity contribution in [2.75, 3.05) is 39.3 Å². The highest BCUT2D eigenvalue weighted by Crippen LogP contribution is 2.34. The number of rotatable bonds is 8. The van der Waals surface area contributed by atoms with Crippen LogP contribution >= 0.6 is 12.4 Å². The number of hydrogen-bond donors (Lipinski definition) is 1. The monoisotopic (exact) mass is 518 g/mol. The fraction of sp³-hybridized carbons (Fsp3) is 0.345. The Bertz CT molecular complexity index is 1280. The van der Waals surface area contributed by atoms with Crippen molar-refractivity contribution in [3.8, 4) is 0 Å². The van der Waals surface area contributed by atoms with Gasteiger partial charge >= 0.3 is 0 Å². The van der Waals surface area contributed by atoms with Crippen molar-refractivity contribution in [1.29, 1.82) is 0 Å². The molecular formula is C29H35ClN6O. The molecule has 1 atom stereocenters. The molecule has 194 valence electrons. The predicted molar refractivity (Wildman–Crippen MR) is 150 cm³/mol. The minimum absolute atomic E-state index is 0. The van der Waals surface area contributed by atoms with E-state index >= 15 is 0 Å². The van der Waals surface area contributed by atoms with E-state index in [1.165, 1.54) is 11.1 Å². The molecule has 7 nitrogen and oxygen atoms in total. The average Bonchev–Trinajstić information content (AvgIpc) is 3.44. The maximum absolute atomic E-state index is 12.9. The normalized spacial score (nSPS) is 15.3. The number of carbonyl (C=O) groups excluding carboxylic acids is 1. The molecule has 0 radical (unpaired) electrons. The van der Waals surface area contributed by atoms with Crippen molar-refractivity contribution < 1.29 is 4.79 Å². The van der Waals surface area contributed by atoms with Crippen LogP contribution in [0.5, 0.6) is 0 Å². The Morgan fingerprint density at radius 3 is 2.41 bits per heavy atom. The highest BCUT2D eigenvalue weighted by molar-refractivity contribution is 5.94. The number of para-hydroxylation sites is 1. The molecular weight excluding hydrogens is 484 g/mol. The lowest BCUT2D eigenvalue weighted by Crippen LogP contribution is -2.47. The molecule has 37 heavy (non-hydrogen) atoms. The largest absolute Gasteiger partial charge is 0.347 e. The standard InChI is InChI=1S/C29H34N6O.ClH/c1-3-34(4-2)29(36)24-12-10-23(11-13-24)28(26-9-5-7-22-8-6-14-31-27(22)26)35-17-15-33(16-18-35)20-25-19-30-21-32-25;/h5-14,19,21,28H,3-4,15-18,20H2,1-2H3,(H,30,32);1H. The summed E-state index contributed by atoms with van der Waals surface area (Å²) in [5, 5.41) is 1.14. The van der Waals surface area contributed by atoms with Gasteiger partial charge in [-0.1, -0.05) is 36.4 Å². The molecule has 0 bridgehead atoms. The van der Waals surface area contributed by atoms with Crippen LogP contribution in [-0.2, 0) is 6.54 Å². The van der Waals surface area contributed by atoms with Gasteiger partial charge < -0.3 is 9.88 Å². The van der Waals surface area contributed by atoms with Crippen LogP contribution in [0.4, 0.5) is 0 Å². The van der Waals surface area contributed by atoms with Crippen molar-refractivity contribution in [3.05, 3.63) is 95.7 Å². The zero-order chi connectivity index (χ0) is 24.9. The second kappa shape index (κ2) is 12.3. The van der Waals surface area contributed by atoms with Crippen LogP contribution in [-0.4, -0.2) is 74.8 Å². The summed E-state index contributed by atoms with van der Waals surface area (Å²) >= 11 is 0. The number of nitrogens with zero attached hydrogens (tertiary/aromatic N) is 5. The van der Waals surface area contributed by atoms with Crippen molar-refractivity contribution >= 4 is 29.2 Å². The molecule has 1 amide bonds. The first-order valence-corrected chi connectivity index (χ1v) is 12.8. The third-order valence-electron chi connectivity index (χ3n) is 7.20. The number of halogens is 1. The second-order valence-corrected chi connectivity index (χ2v) is 9.31. The molecule has 1 aliphatic heterocycles. The van der Waals surface area contributed by atoms with E-state index in [0.717, 1.165) is 54.9 Å². The summed E-state index contributed by atoms with van der Waals surface area (Å²) in [6.45, 7) is 10.2. The third kappa shape index (κ3) is 5.85. The Balaban J connectivity index is 0.00000320. The topological polar surface area (TPSA) is 68.4 Å². The first-order chi connectivity index (χ1) is 17.7. The molecule has 1 saturated heterocycles.